The number of pyridine rings is 1. The molecule has 1 heterocycles. The Kier molecular flexibility index (Phi) is 5.89. The van der Waals surface area contributed by atoms with E-state index in [0.29, 0.717) is 0 Å². The molecule has 4 rings (SSSR count). The molecule has 0 atom stereocenters. The van der Waals surface area contributed by atoms with Crippen LogP contribution in [0.25, 0.3) is 33.6 Å². The smallest absolute Gasteiger partial charge is 0.0715 e. The molecule has 4 aromatic rings. The molecule has 0 bridgehead atoms. The number of nitrogens with two attached hydrogens (primary N) is 2. The van der Waals surface area contributed by atoms with Gasteiger partial charge in [0.1, 0.15) is 0 Å². The van der Waals surface area contributed by atoms with Crippen molar-refractivity contribution in [2.45, 2.75) is 13.8 Å². The van der Waals surface area contributed by atoms with Gasteiger partial charge in [-0.05, 0) is 73.5 Å². The maximum Gasteiger partial charge on any atom is 0.0715 e. The Labute approximate surface area is 184 Å². The van der Waals surface area contributed by atoms with Crippen molar-refractivity contribution in [3.63, 3.8) is 0 Å². The minimum absolute atomic E-state index is 0.741. The minimum atomic E-state index is 0.741. The van der Waals surface area contributed by atoms with E-state index in [1.54, 1.807) is 0 Å². The highest BCUT2D eigenvalue weighted by atomic mass is 15.1. The second-order valence-corrected chi connectivity index (χ2v) is 7.59. The summed E-state index contributed by atoms with van der Waals surface area (Å²) < 4.78 is 0. The first-order valence-corrected chi connectivity index (χ1v) is 10.7. The Morgan fingerprint density at radius 2 is 1.00 bits per heavy atom. The number of anilines is 3. The van der Waals surface area contributed by atoms with E-state index in [2.05, 4.69) is 55.1 Å². The summed E-state index contributed by atoms with van der Waals surface area (Å²) in [6.07, 6.45) is 0. The molecule has 4 nitrogen and oxygen atoms in total. The number of hydrogen-bond donors (Lipinski definition) is 2. The lowest BCUT2D eigenvalue weighted by Crippen LogP contribution is -2.21. The monoisotopic (exact) mass is 408 g/mol. The summed E-state index contributed by atoms with van der Waals surface area (Å²) in [5.74, 6) is 0. The molecule has 0 unspecified atom stereocenters. The van der Waals surface area contributed by atoms with Crippen LogP contribution in [-0.2, 0) is 0 Å². The standard InChI is InChI=1S/C27H28N4/c1-3-31(4-2)25-15-9-19(10-16-25)22-17-26(20-5-11-23(28)12-6-20)30-27(18-22)21-7-13-24(29)14-8-21/h5-18H,3-4,28-29H2,1-2H3. The topological polar surface area (TPSA) is 68.2 Å². The van der Waals surface area contributed by atoms with Crippen molar-refractivity contribution in [2.75, 3.05) is 29.5 Å². The summed E-state index contributed by atoms with van der Waals surface area (Å²) in [7, 11) is 0. The van der Waals surface area contributed by atoms with Gasteiger partial charge in [0.05, 0.1) is 11.4 Å². The van der Waals surface area contributed by atoms with Gasteiger partial charge in [0.15, 0.2) is 0 Å². The Hall–Kier alpha value is -3.79. The SMILES string of the molecule is CCN(CC)c1ccc(-c2cc(-c3ccc(N)cc3)nc(-c3ccc(N)cc3)c2)cc1. The fraction of sp³-hybridized carbons (Fsp3) is 0.148. The van der Waals surface area contributed by atoms with Crippen molar-refractivity contribution >= 4 is 17.1 Å². The van der Waals surface area contributed by atoms with E-state index in [1.165, 1.54) is 5.69 Å². The number of nitrogens with zero attached hydrogens (tertiary/aromatic N) is 2. The third kappa shape index (κ3) is 4.53. The predicted molar refractivity (Wildman–Crippen MR) is 133 cm³/mol. The Morgan fingerprint density at radius 3 is 1.42 bits per heavy atom. The zero-order valence-electron chi connectivity index (χ0n) is 18.0. The van der Waals surface area contributed by atoms with Crippen molar-refractivity contribution in [2.24, 2.45) is 0 Å². The molecule has 0 spiro atoms. The Balaban J connectivity index is 1.81. The van der Waals surface area contributed by atoms with Crippen LogP contribution in [0.4, 0.5) is 17.1 Å². The molecule has 1 aromatic heterocycles. The maximum atomic E-state index is 5.89. The summed E-state index contributed by atoms with van der Waals surface area (Å²) in [5, 5.41) is 0. The molecular weight excluding hydrogens is 380 g/mol. The van der Waals surface area contributed by atoms with Gasteiger partial charge in [-0.25, -0.2) is 4.98 Å². The lowest BCUT2D eigenvalue weighted by Gasteiger charge is -2.21. The van der Waals surface area contributed by atoms with Gasteiger partial charge >= 0.3 is 0 Å². The molecule has 3 aromatic carbocycles. The first kappa shape index (κ1) is 20.5. The average Bonchev–Trinajstić information content (AvgIpc) is 2.81. The minimum Gasteiger partial charge on any atom is -0.399 e. The van der Waals surface area contributed by atoms with E-state index < -0.39 is 0 Å². The zero-order valence-corrected chi connectivity index (χ0v) is 18.0. The molecule has 0 aliphatic rings. The summed E-state index contributed by atoms with van der Waals surface area (Å²) in [5.41, 5.74) is 20.7. The summed E-state index contributed by atoms with van der Waals surface area (Å²) in [4.78, 5) is 7.28. The van der Waals surface area contributed by atoms with Gasteiger partial charge in [0.25, 0.3) is 0 Å². The number of aromatic nitrogens is 1. The van der Waals surface area contributed by atoms with Crippen molar-refractivity contribution in [3.8, 4) is 33.6 Å². The quantitative estimate of drug-likeness (QED) is 0.379. The van der Waals surface area contributed by atoms with Gasteiger partial charge in [-0.3, -0.25) is 0 Å². The van der Waals surface area contributed by atoms with Crippen LogP contribution < -0.4 is 16.4 Å². The third-order valence-corrected chi connectivity index (χ3v) is 5.57. The van der Waals surface area contributed by atoms with Crippen LogP contribution in [0.1, 0.15) is 13.8 Å². The van der Waals surface area contributed by atoms with E-state index >= 15 is 0 Å². The van der Waals surface area contributed by atoms with Crippen molar-refractivity contribution in [1.29, 1.82) is 0 Å². The van der Waals surface area contributed by atoms with Crippen molar-refractivity contribution in [1.82, 2.24) is 4.98 Å². The van der Waals surface area contributed by atoms with E-state index in [1.807, 2.05) is 48.5 Å². The van der Waals surface area contributed by atoms with Gasteiger partial charge in [0, 0.05) is 41.3 Å². The van der Waals surface area contributed by atoms with Crippen LogP contribution in [0.15, 0.2) is 84.9 Å². The largest absolute Gasteiger partial charge is 0.399 e. The summed E-state index contributed by atoms with van der Waals surface area (Å²) >= 11 is 0. The molecule has 4 N–H and O–H groups in total. The molecule has 0 saturated carbocycles. The van der Waals surface area contributed by atoms with Gasteiger partial charge in [-0.2, -0.15) is 0 Å². The molecule has 0 radical (unpaired) electrons. The van der Waals surface area contributed by atoms with Gasteiger partial charge in [0.2, 0.25) is 0 Å². The second kappa shape index (κ2) is 8.92. The van der Waals surface area contributed by atoms with Crippen LogP contribution in [0.2, 0.25) is 0 Å². The molecule has 31 heavy (non-hydrogen) atoms. The van der Waals surface area contributed by atoms with E-state index in [-0.39, 0.29) is 0 Å². The molecule has 0 aliphatic carbocycles. The molecule has 156 valence electrons. The number of nitrogen functional groups attached to an aromatic ring is 2. The van der Waals surface area contributed by atoms with E-state index in [9.17, 15) is 0 Å². The fourth-order valence-electron chi connectivity index (χ4n) is 3.75. The highest BCUT2D eigenvalue weighted by molar-refractivity contribution is 5.78. The summed E-state index contributed by atoms with van der Waals surface area (Å²) in [6, 6.07) is 28.7. The van der Waals surface area contributed by atoms with Crippen LogP contribution in [-0.4, -0.2) is 18.1 Å². The lowest BCUT2D eigenvalue weighted by molar-refractivity contribution is 0.866. The third-order valence-electron chi connectivity index (χ3n) is 5.57. The normalized spacial score (nSPS) is 10.8. The van der Waals surface area contributed by atoms with Gasteiger partial charge < -0.3 is 16.4 Å². The first-order chi connectivity index (χ1) is 15.1. The van der Waals surface area contributed by atoms with Crippen LogP contribution in [0, 0.1) is 0 Å². The highest BCUT2D eigenvalue weighted by Gasteiger charge is 2.10. The van der Waals surface area contributed by atoms with Crippen molar-refractivity contribution in [3.05, 3.63) is 84.9 Å². The lowest BCUT2D eigenvalue weighted by atomic mass is 9.99. The molecule has 4 heteroatoms. The van der Waals surface area contributed by atoms with Crippen LogP contribution >= 0.6 is 0 Å². The summed E-state index contributed by atoms with van der Waals surface area (Å²) in [6.45, 7) is 6.34. The Bertz CT molecular complexity index is 1080. The second-order valence-electron chi connectivity index (χ2n) is 7.59. The molecule has 0 aliphatic heterocycles. The van der Waals surface area contributed by atoms with Gasteiger partial charge in [-0.1, -0.05) is 36.4 Å². The van der Waals surface area contributed by atoms with Crippen LogP contribution in [0.3, 0.4) is 0 Å². The van der Waals surface area contributed by atoms with Gasteiger partial charge in [-0.15, -0.1) is 0 Å². The molecule has 0 amide bonds. The zero-order chi connectivity index (χ0) is 21.8. The van der Waals surface area contributed by atoms with E-state index in [4.69, 9.17) is 16.5 Å². The maximum absolute atomic E-state index is 5.89. The van der Waals surface area contributed by atoms with Crippen LogP contribution in [0.5, 0.6) is 0 Å². The molecule has 0 fully saturated rings. The number of rotatable bonds is 6. The van der Waals surface area contributed by atoms with Crippen molar-refractivity contribution < 1.29 is 0 Å². The number of benzene rings is 3. The predicted octanol–water partition coefficient (Wildman–Crippen LogP) is 6.09. The first-order valence-electron chi connectivity index (χ1n) is 10.7. The molecular formula is C27H28N4. The highest BCUT2D eigenvalue weighted by Crippen LogP contribution is 2.31. The Morgan fingerprint density at radius 1 is 0.581 bits per heavy atom. The number of hydrogen-bond acceptors (Lipinski definition) is 4. The average molecular weight is 409 g/mol. The fourth-order valence-corrected chi connectivity index (χ4v) is 3.75. The molecule has 0 saturated heterocycles. The van der Waals surface area contributed by atoms with E-state index in [0.717, 1.165) is 58.1 Å².